The summed E-state index contributed by atoms with van der Waals surface area (Å²) < 4.78 is 11.0. The number of hydrogen-bond donors (Lipinski definition) is 1. The third-order valence-electron chi connectivity index (χ3n) is 3.62. The van der Waals surface area contributed by atoms with Gasteiger partial charge in [-0.2, -0.15) is 0 Å². The van der Waals surface area contributed by atoms with Crippen LogP contribution in [-0.2, 0) is 15.9 Å². The summed E-state index contributed by atoms with van der Waals surface area (Å²) in [5.74, 6) is -0.782. The zero-order valence-corrected chi connectivity index (χ0v) is 12.2. The Labute approximate surface area is 130 Å². The summed E-state index contributed by atoms with van der Waals surface area (Å²) in [5, 5.41) is 9.61. The average molecular weight is 314 g/mol. The first kappa shape index (κ1) is 14.3. The molecule has 0 saturated carbocycles. The Balaban J connectivity index is 2.06. The molecule has 2 aromatic carbocycles. The molecule has 3 rings (SSSR count). The first-order valence-electron chi connectivity index (χ1n) is 6.64. The number of nitrogens with zero attached hydrogens (tertiary/aromatic N) is 1. The number of carbonyl (C=O) groups excluding carboxylic acids is 2. The fourth-order valence-corrected chi connectivity index (χ4v) is 3.08. The molecule has 0 radical (unpaired) electrons. The number of amides is 2. The van der Waals surface area contributed by atoms with Crippen LogP contribution in [0.3, 0.4) is 0 Å². The molecule has 1 aliphatic rings. The molecule has 2 amide bonds. The van der Waals surface area contributed by atoms with Crippen molar-refractivity contribution < 1.29 is 18.9 Å². The zero-order chi connectivity index (χ0) is 15.7. The molecule has 2 aromatic rings. The third-order valence-corrected chi connectivity index (χ3v) is 4.07. The SMILES string of the molecule is O=[S+]CC(c1cccc(O)c1)N1C(=O)c2ccccc2C1=O. The van der Waals surface area contributed by atoms with Gasteiger partial charge in [-0.3, -0.25) is 14.5 Å². The summed E-state index contributed by atoms with van der Waals surface area (Å²) in [5.41, 5.74) is 1.24. The number of carbonyl (C=O) groups is 2. The standard InChI is InChI=1S/C16H11NO4S/c18-11-5-3-4-10(8-11)14(9-22-21)17-15(19)12-6-1-2-7-13(12)16(17)20/h1-8,14H,9H2/p+1. The van der Waals surface area contributed by atoms with Gasteiger partial charge >= 0.3 is 11.7 Å². The number of imide groups is 1. The molecule has 1 aliphatic heterocycles. The number of phenols is 1. The highest BCUT2D eigenvalue weighted by Gasteiger charge is 2.42. The second kappa shape index (κ2) is 5.65. The molecule has 1 N–H and O–H groups in total. The quantitative estimate of drug-likeness (QED) is 0.693. The number of aromatic hydroxyl groups is 1. The predicted molar refractivity (Wildman–Crippen MR) is 80.7 cm³/mol. The fourth-order valence-electron chi connectivity index (χ4n) is 2.61. The molecule has 0 fully saturated rings. The zero-order valence-electron chi connectivity index (χ0n) is 11.4. The lowest BCUT2D eigenvalue weighted by Gasteiger charge is -2.21. The molecule has 0 saturated heterocycles. The van der Waals surface area contributed by atoms with Crippen LogP contribution in [0.4, 0.5) is 0 Å². The molecule has 1 unspecified atom stereocenters. The highest BCUT2D eigenvalue weighted by Crippen LogP contribution is 2.32. The van der Waals surface area contributed by atoms with Crippen LogP contribution in [-0.4, -0.2) is 27.6 Å². The highest BCUT2D eigenvalue weighted by molar-refractivity contribution is 7.65. The Kier molecular flexibility index (Phi) is 3.68. The van der Waals surface area contributed by atoms with Gasteiger partial charge in [-0.15, -0.1) is 0 Å². The topological polar surface area (TPSA) is 74.7 Å². The van der Waals surface area contributed by atoms with Crippen molar-refractivity contribution in [3.63, 3.8) is 0 Å². The first-order valence-corrected chi connectivity index (χ1v) is 7.55. The monoisotopic (exact) mass is 314 g/mol. The minimum Gasteiger partial charge on any atom is -0.508 e. The van der Waals surface area contributed by atoms with Crippen LogP contribution >= 0.6 is 0 Å². The molecule has 0 aromatic heterocycles. The molecule has 1 atom stereocenters. The summed E-state index contributed by atoms with van der Waals surface area (Å²) in [4.78, 5) is 26.1. The normalized spacial score (nSPS) is 14.8. The van der Waals surface area contributed by atoms with Crippen LogP contribution in [0.2, 0.25) is 0 Å². The van der Waals surface area contributed by atoms with E-state index in [4.69, 9.17) is 0 Å². The lowest BCUT2D eigenvalue weighted by molar-refractivity contribution is 0.0598. The van der Waals surface area contributed by atoms with E-state index in [-0.39, 0.29) is 11.5 Å². The number of benzene rings is 2. The Morgan fingerprint density at radius 2 is 1.64 bits per heavy atom. The predicted octanol–water partition coefficient (Wildman–Crippen LogP) is 2.16. The third kappa shape index (κ3) is 2.27. The second-order valence-electron chi connectivity index (χ2n) is 4.92. The minimum absolute atomic E-state index is 0.0227. The fraction of sp³-hybridized carbons (Fsp3) is 0.125. The lowest BCUT2D eigenvalue weighted by atomic mass is 10.1. The average Bonchev–Trinajstić information content (AvgIpc) is 2.77. The maximum Gasteiger partial charge on any atom is 0.461 e. The molecule has 110 valence electrons. The Hall–Kier alpha value is -2.60. The molecule has 0 aliphatic carbocycles. The summed E-state index contributed by atoms with van der Waals surface area (Å²) >= 11 is 0.302. The number of phenolic OH excluding ortho intramolecular Hbond substituents is 1. The largest absolute Gasteiger partial charge is 0.508 e. The maximum atomic E-state index is 12.5. The van der Waals surface area contributed by atoms with Crippen LogP contribution in [0.1, 0.15) is 32.3 Å². The van der Waals surface area contributed by atoms with Crippen LogP contribution in [0.5, 0.6) is 5.75 Å². The molecule has 1 heterocycles. The van der Waals surface area contributed by atoms with Gasteiger partial charge in [0.25, 0.3) is 17.6 Å². The summed E-state index contributed by atoms with van der Waals surface area (Å²) in [6, 6.07) is 12.1. The van der Waals surface area contributed by atoms with E-state index >= 15 is 0 Å². The smallest absolute Gasteiger partial charge is 0.461 e. The van der Waals surface area contributed by atoms with Crippen LogP contribution in [0, 0.1) is 0 Å². The van der Waals surface area contributed by atoms with Crippen molar-refractivity contribution in [3.05, 3.63) is 65.2 Å². The van der Waals surface area contributed by atoms with E-state index in [1.165, 1.54) is 12.1 Å². The molecule has 22 heavy (non-hydrogen) atoms. The van der Waals surface area contributed by atoms with Gasteiger partial charge in [0.2, 0.25) is 0 Å². The summed E-state index contributed by atoms with van der Waals surface area (Å²) in [7, 11) is 0. The molecular formula is C16H12NO4S+. The lowest BCUT2D eigenvalue weighted by Crippen LogP contribution is -2.35. The van der Waals surface area contributed by atoms with Gasteiger partial charge < -0.3 is 5.11 Å². The summed E-state index contributed by atoms with van der Waals surface area (Å²) in [6.45, 7) is 0. The van der Waals surface area contributed by atoms with E-state index in [1.54, 1.807) is 36.4 Å². The van der Waals surface area contributed by atoms with Gasteiger partial charge in [-0.05, 0) is 29.8 Å². The first-order chi connectivity index (χ1) is 10.6. The van der Waals surface area contributed by atoms with Gasteiger partial charge in [-0.1, -0.05) is 24.3 Å². The molecular weight excluding hydrogens is 302 g/mol. The van der Waals surface area contributed by atoms with E-state index in [1.807, 2.05) is 0 Å². The van der Waals surface area contributed by atoms with Crippen LogP contribution < -0.4 is 0 Å². The van der Waals surface area contributed by atoms with Crippen molar-refractivity contribution in [2.75, 3.05) is 5.75 Å². The van der Waals surface area contributed by atoms with Crippen molar-refractivity contribution in [2.24, 2.45) is 0 Å². The van der Waals surface area contributed by atoms with Crippen LogP contribution in [0.15, 0.2) is 48.5 Å². The van der Waals surface area contributed by atoms with E-state index in [0.717, 1.165) is 4.90 Å². The van der Waals surface area contributed by atoms with E-state index in [9.17, 15) is 18.9 Å². The van der Waals surface area contributed by atoms with Crippen molar-refractivity contribution in [3.8, 4) is 5.75 Å². The van der Waals surface area contributed by atoms with Crippen molar-refractivity contribution >= 4 is 23.5 Å². The van der Waals surface area contributed by atoms with Crippen molar-refractivity contribution in [1.82, 2.24) is 4.90 Å². The van der Waals surface area contributed by atoms with Gasteiger partial charge in [-0.25, -0.2) is 0 Å². The van der Waals surface area contributed by atoms with Gasteiger partial charge in [0.05, 0.1) is 11.1 Å². The molecule has 0 bridgehead atoms. The number of fused-ring (bicyclic) bond motifs is 1. The van der Waals surface area contributed by atoms with E-state index in [0.29, 0.717) is 28.4 Å². The minimum atomic E-state index is -0.706. The Bertz CT molecular complexity index is 739. The highest BCUT2D eigenvalue weighted by atomic mass is 32.1. The maximum absolute atomic E-state index is 12.5. The molecule has 0 spiro atoms. The van der Waals surface area contributed by atoms with Crippen molar-refractivity contribution in [2.45, 2.75) is 6.04 Å². The van der Waals surface area contributed by atoms with E-state index < -0.39 is 17.9 Å². The summed E-state index contributed by atoms with van der Waals surface area (Å²) in [6.07, 6.45) is 0. The van der Waals surface area contributed by atoms with Crippen molar-refractivity contribution in [1.29, 1.82) is 0 Å². The Morgan fingerprint density at radius 1 is 1.00 bits per heavy atom. The van der Waals surface area contributed by atoms with Gasteiger partial charge in [0.15, 0.2) is 0 Å². The number of rotatable bonds is 4. The van der Waals surface area contributed by atoms with Gasteiger partial charge in [0.1, 0.15) is 11.8 Å². The number of hydrogen-bond acceptors (Lipinski definition) is 4. The van der Waals surface area contributed by atoms with Crippen LogP contribution in [0.25, 0.3) is 0 Å². The molecule has 5 nitrogen and oxygen atoms in total. The second-order valence-corrected chi connectivity index (χ2v) is 5.49. The molecule has 6 heteroatoms. The van der Waals surface area contributed by atoms with Gasteiger partial charge in [0, 0.05) is 4.21 Å². The Morgan fingerprint density at radius 3 is 2.18 bits per heavy atom. The van der Waals surface area contributed by atoms with E-state index in [2.05, 4.69) is 0 Å².